The van der Waals surface area contributed by atoms with E-state index in [4.69, 9.17) is 0 Å². The van der Waals surface area contributed by atoms with Crippen molar-refractivity contribution in [2.75, 3.05) is 9.80 Å². The lowest BCUT2D eigenvalue weighted by Crippen LogP contribution is -2.28. The quantitative estimate of drug-likeness (QED) is 0.113. The van der Waals surface area contributed by atoms with E-state index >= 15 is 0 Å². The Morgan fingerprint density at radius 3 is 0.753 bits per heavy atom. The van der Waals surface area contributed by atoms with Crippen LogP contribution < -0.4 is 9.80 Å². The molecule has 406 valence electrons. The maximum absolute atomic E-state index is 2.45. The molecule has 12 aromatic rings. The first-order valence-corrected chi connectivity index (χ1v) is 29.8. The van der Waals surface area contributed by atoms with E-state index in [-0.39, 0.29) is 10.8 Å². The fourth-order valence-electron chi connectivity index (χ4n) is 14.3. The van der Waals surface area contributed by atoms with E-state index in [9.17, 15) is 0 Å². The molecule has 0 atom stereocenters. The summed E-state index contributed by atoms with van der Waals surface area (Å²) in [5.41, 5.74) is 28.9. The van der Waals surface area contributed by atoms with Crippen molar-refractivity contribution >= 4 is 58.4 Å². The van der Waals surface area contributed by atoms with Crippen LogP contribution in [-0.4, -0.2) is 0 Å². The van der Waals surface area contributed by atoms with E-state index in [1.807, 2.05) is 0 Å². The molecule has 0 amide bonds. The van der Waals surface area contributed by atoms with Gasteiger partial charge in [-0.1, -0.05) is 258 Å². The largest absolute Gasteiger partial charge is 0.310 e. The first kappa shape index (κ1) is 51.6. The van der Waals surface area contributed by atoms with Gasteiger partial charge in [0.2, 0.25) is 0 Å². The van der Waals surface area contributed by atoms with Crippen LogP contribution in [0.5, 0.6) is 0 Å². The fourth-order valence-corrected chi connectivity index (χ4v) is 14.3. The predicted octanol–water partition coefficient (Wildman–Crippen LogP) is 21.9. The minimum Gasteiger partial charge on any atom is -0.310 e. The lowest BCUT2D eigenvalue weighted by molar-refractivity contribution is 0.660. The highest BCUT2D eigenvalue weighted by molar-refractivity contribution is 5.92. The Kier molecular flexibility index (Phi) is 12.5. The van der Waals surface area contributed by atoms with Gasteiger partial charge in [-0.15, -0.1) is 0 Å². The number of hydrogen-bond donors (Lipinski definition) is 0. The highest BCUT2D eigenvalue weighted by Gasteiger charge is 2.46. The molecule has 0 spiro atoms. The number of benzene rings is 12. The summed E-state index contributed by atoms with van der Waals surface area (Å²) in [6.07, 6.45) is 9.23. The summed E-state index contributed by atoms with van der Waals surface area (Å²) in [6.45, 7) is 9.52. The molecule has 15 rings (SSSR count). The van der Waals surface area contributed by atoms with Gasteiger partial charge in [0.15, 0.2) is 0 Å². The Labute approximate surface area is 500 Å². The van der Waals surface area contributed by atoms with Gasteiger partial charge in [0.05, 0.1) is 5.41 Å². The zero-order valence-corrected chi connectivity index (χ0v) is 48.4. The van der Waals surface area contributed by atoms with Crippen LogP contribution in [0.3, 0.4) is 0 Å². The van der Waals surface area contributed by atoms with Crippen molar-refractivity contribution in [3.8, 4) is 33.4 Å². The lowest BCUT2D eigenvalue weighted by atomic mass is 9.67. The molecule has 3 aliphatic rings. The maximum atomic E-state index is 2.45. The monoisotopic (exact) mass is 1090 g/mol. The number of anilines is 6. The Morgan fingerprint density at radius 1 is 0.224 bits per heavy atom. The summed E-state index contributed by atoms with van der Waals surface area (Å²) >= 11 is 0. The molecule has 2 nitrogen and oxygen atoms in total. The van der Waals surface area contributed by atoms with Crippen LogP contribution in [0, 0.1) is 0 Å². The van der Waals surface area contributed by atoms with Crippen LogP contribution in [0.1, 0.15) is 94.5 Å². The SMILES string of the molecule is CC1(C)c2cc(/C=C/c3ccc4c(c3)C(c3ccccc3)(c3ccccc3)c3cc(/C=C/c5ccc6c(c5)C(C)(C)c5cc(N(c7ccccc7)c7ccccc7)ccc5-6)ccc3-4)ccc2-c2ccc(N(c3ccccc3)c3ccccc3)cc21. The van der Waals surface area contributed by atoms with E-state index in [2.05, 4.69) is 353 Å². The van der Waals surface area contributed by atoms with Crippen LogP contribution in [0.2, 0.25) is 0 Å². The summed E-state index contributed by atoms with van der Waals surface area (Å²) < 4.78 is 0. The van der Waals surface area contributed by atoms with Crippen LogP contribution in [0.25, 0.3) is 57.7 Å². The van der Waals surface area contributed by atoms with Gasteiger partial charge in [-0.2, -0.15) is 0 Å². The third-order valence-corrected chi connectivity index (χ3v) is 18.5. The van der Waals surface area contributed by atoms with E-state index in [0.717, 1.165) is 34.1 Å². The third-order valence-electron chi connectivity index (χ3n) is 18.5. The molecular formula is C83H64N2. The Bertz CT molecular complexity index is 4180. The normalized spacial score (nSPS) is 14.3. The van der Waals surface area contributed by atoms with Gasteiger partial charge in [0.1, 0.15) is 0 Å². The van der Waals surface area contributed by atoms with Crippen molar-refractivity contribution in [2.24, 2.45) is 0 Å². The first-order valence-electron chi connectivity index (χ1n) is 29.8. The molecule has 3 aliphatic carbocycles. The summed E-state index contributed by atoms with van der Waals surface area (Å²) in [6, 6.07) is 107. The standard InChI is InChI=1S/C83H64N2/c1-81(2)75-51-57(39-45-69(75)71-49-43-67(55-77(71)81)84(63-27-15-7-16-28-63)64-29-17-8-18-30-64)35-37-59-41-47-73-74-48-42-60(54-80(74)83(79(73)53-59,61-23-11-5-12-24-61)62-25-13-6-14-26-62)38-36-58-40-46-70-72-50-44-68(56-78(72)82(3,4)76(70)52-58)85(65-31-19-9-20-32-65)66-33-21-10-22-34-66/h5-56H,1-4H3/b37-35+,38-36+. The molecule has 0 fully saturated rings. The Hall–Kier alpha value is -10.3. The summed E-state index contributed by atoms with van der Waals surface area (Å²) in [5.74, 6) is 0. The average Bonchev–Trinajstić information content (AvgIpc) is 1.62. The van der Waals surface area contributed by atoms with Crippen molar-refractivity contribution in [2.45, 2.75) is 43.9 Å². The topological polar surface area (TPSA) is 6.48 Å². The minimum absolute atomic E-state index is 0.201. The number of para-hydroxylation sites is 4. The van der Waals surface area contributed by atoms with Gasteiger partial charge in [0, 0.05) is 45.0 Å². The summed E-state index contributed by atoms with van der Waals surface area (Å²) in [4.78, 5) is 4.72. The molecule has 0 aliphatic heterocycles. The van der Waals surface area contributed by atoms with Crippen LogP contribution in [0.4, 0.5) is 34.1 Å². The first-order chi connectivity index (χ1) is 41.6. The van der Waals surface area contributed by atoms with Crippen molar-refractivity contribution in [3.05, 3.63) is 358 Å². The maximum Gasteiger partial charge on any atom is 0.0713 e. The van der Waals surface area contributed by atoms with E-state index in [0.29, 0.717) is 0 Å². The van der Waals surface area contributed by atoms with Crippen LogP contribution >= 0.6 is 0 Å². The molecule has 0 heterocycles. The number of nitrogens with zero attached hydrogens (tertiary/aromatic N) is 2. The van der Waals surface area contributed by atoms with Crippen molar-refractivity contribution < 1.29 is 0 Å². The van der Waals surface area contributed by atoms with Gasteiger partial charge < -0.3 is 9.80 Å². The third kappa shape index (κ3) is 8.62. The number of hydrogen-bond acceptors (Lipinski definition) is 2. The molecule has 0 radical (unpaired) electrons. The average molecular weight is 1090 g/mol. The molecule has 0 bridgehead atoms. The van der Waals surface area contributed by atoms with Gasteiger partial charge >= 0.3 is 0 Å². The highest BCUT2D eigenvalue weighted by Crippen LogP contribution is 2.58. The molecule has 0 saturated heterocycles. The zero-order chi connectivity index (χ0) is 57.3. The van der Waals surface area contributed by atoms with Gasteiger partial charge in [-0.3, -0.25) is 0 Å². The van der Waals surface area contributed by atoms with Crippen LogP contribution in [0.15, 0.2) is 291 Å². The molecule has 85 heavy (non-hydrogen) atoms. The van der Waals surface area contributed by atoms with Crippen molar-refractivity contribution in [1.29, 1.82) is 0 Å². The highest BCUT2D eigenvalue weighted by atomic mass is 15.1. The van der Waals surface area contributed by atoms with Crippen LogP contribution in [-0.2, 0) is 16.2 Å². The van der Waals surface area contributed by atoms with E-state index in [1.54, 1.807) is 0 Å². The van der Waals surface area contributed by atoms with Gasteiger partial charge in [0.25, 0.3) is 0 Å². The zero-order valence-electron chi connectivity index (χ0n) is 48.4. The minimum atomic E-state index is -0.557. The molecule has 12 aromatic carbocycles. The van der Waals surface area contributed by atoms with Crippen molar-refractivity contribution in [1.82, 2.24) is 0 Å². The molecule has 0 N–H and O–H groups in total. The fraction of sp³-hybridized carbons (Fsp3) is 0.0843. The second-order valence-electron chi connectivity index (χ2n) is 24.1. The molecular weight excluding hydrogens is 1020 g/mol. The predicted molar refractivity (Wildman–Crippen MR) is 359 cm³/mol. The van der Waals surface area contributed by atoms with Crippen molar-refractivity contribution in [3.63, 3.8) is 0 Å². The molecule has 2 heteroatoms. The summed E-state index contributed by atoms with van der Waals surface area (Å²) in [5, 5.41) is 0. The molecule has 0 saturated carbocycles. The molecule has 0 aromatic heterocycles. The van der Waals surface area contributed by atoms with Gasteiger partial charge in [-0.25, -0.2) is 0 Å². The molecule has 0 unspecified atom stereocenters. The van der Waals surface area contributed by atoms with E-state index < -0.39 is 5.41 Å². The Morgan fingerprint density at radius 2 is 0.459 bits per heavy atom. The number of rotatable bonds is 12. The lowest BCUT2D eigenvalue weighted by Gasteiger charge is -2.34. The Balaban J connectivity index is 0.751. The van der Waals surface area contributed by atoms with E-state index in [1.165, 1.54) is 100 Å². The van der Waals surface area contributed by atoms with Gasteiger partial charge in [-0.05, 0) is 185 Å². The number of fused-ring (bicyclic) bond motifs is 9. The second-order valence-corrected chi connectivity index (χ2v) is 24.1. The smallest absolute Gasteiger partial charge is 0.0713 e. The second kappa shape index (κ2) is 20.6. The summed E-state index contributed by atoms with van der Waals surface area (Å²) in [7, 11) is 0.